The van der Waals surface area contributed by atoms with Crippen LogP contribution in [0.2, 0.25) is 0 Å². The van der Waals surface area contributed by atoms with Crippen molar-refractivity contribution in [2.45, 2.75) is 12.5 Å². The van der Waals surface area contributed by atoms with Gasteiger partial charge in [0.05, 0.1) is 11.8 Å². The van der Waals surface area contributed by atoms with E-state index >= 15 is 0 Å². The molecule has 1 atom stereocenters. The van der Waals surface area contributed by atoms with Gasteiger partial charge < -0.3 is 15.1 Å². The number of benzene rings is 2. The molecular formula is C21H17BrF2N2O2. The Bertz CT molecular complexity index is 1020. The van der Waals surface area contributed by atoms with Crippen LogP contribution < -0.4 is 4.90 Å². The van der Waals surface area contributed by atoms with E-state index in [2.05, 4.69) is 20.9 Å². The van der Waals surface area contributed by atoms with Crippen LogP contribution in [0.4, 0.5) is 14.6 Å². The Labute approximate surface area is 169 Å². The quantitative estimate of drug-likeness (QED) is 0.610. The molecule has 1 aliphatic heterocycles. The molecule has 0 radical (unpaired) electrons. The molecule has 0 saturated carbocycles. The van der Waals surface area contributed by atoms with Gasteiger partial charge in [0.2, 0.25) is 0 Å². The van der Waals surface area contributed by atoms with Crippen LogP contribution >= 0.6 is 15.9 Å². The minimum atomic E-state index is -0.939. The molecule has 1 saturated heterocycles. The number of halogens is 3. The summed E-state index contributed by atoms with van der Waals surface area (Å²) in [5, 5.41) is 20.2. The maximum atomic E-state index is 14.4. The SMILES string of the molecule is Oc1ccc(Br)cc1-c1cc(-c2cccc(F)c2F)cc(N2CCC(O)C2)n1. The first-order chi connectivity index (χ1) is 13.4. The van der Waals surface area contributed by atoms with Crippen LogP contribution in [0.3, 0.4) is 0 Å². The summed E-state index contributed by atoms with van der Waals surface area (Å²) in [6.07, 6.45) is 0.150. The molecule has 4 rings (SSSR count). The van der Waals surface area contributed by atoms with Gasteiger partial charge in [-0.25, -0.2) is 13.8 Å². The summed E-state index contributed by atoms with van der Waals surface area (Å²) in [4.78, 5) is 6.51. The first-order valence-corrected chi connectivity index (χ1v) is 9.60. The minimum Gasteiger partial charge on any atom is -0.507 e. The number of phenols is 1. The Hall–Kier alpha value is -2.51. The lowest BCUT2D eigenvalue weighted by Crippen LogP contribution is -2.22. The average molecular weight is 447 g/mol. The lowest BCUT2D eigenvalue weighted by atomic mass is 10.0. The van der Waals surface area contributed by atoms with E-state index in [9.17, 15) is 19.0 Å². The maximum Gasteiger partial charge on any atom is 0.166 e. The maximum absolute atomic E-state index is 14.4. The van der Waals surface area contributed by atoms with Crippen LogP contribution in [-0.2, 0) is 0 Å². The van der Waals surface area contributed by atoms with Crippen LogP contribution in [0.25, 0.3) is 22.4 Å². The Balaban J connectivity index is 1.91. The van der Waals surface area contributed by atoms with Crippen LogP contribution in [0.5, 0.6) is 5.75 Å². The molecule has 0 spiro atoms. The first kappa shape index (κ1) is 18.8. The zero-order chi connectivity index (χ0) is 19.8. The molecule has 28 heavy (non-hydrogen) atoms. The summed E-state index contributed by atoms with van der Waals surface area (Å²) in [6, 6.07) is 12.3. The number of aliphatic hydroxyl groups is 1. The number of β-amino-alcohol motifs (C(OH)–C–C–N with tert-alkyl or cyclic N) is 1. The number of hydrogen-bond acceptors (Lipinski definition) is 4. The summed E-state index contributed by atoms with van der Waals surface area (Å²) in [5.74, 6) is -1.31. The fraction of sp³-hybridized carbons (Fsp3) is 0.190. The molecule has 0 amide bonds. The fourth-order valence-corrected chi connectivity index (χ4v) is 3.72. The van der Waals surface area contributed by atoms with Crippen LogP contribution in [-0.4, -0.2) is 34.4 Å². The summed E-state index contributed by atoms with van der Waals surface area (Å²) >= 11 is 3.38. The molecular weight excluding hydrogens is 430 g/mol. The van der Waals surface area contributed by atoms with Gasteiger partial charge in [0.15, 0.2) is 11.6 Å². The minimum absolute atomic E-state index is 0.0278. The normalized spacial score (nSPS) is 16.6. The standard InChI is InChI=1S/C21H17BrF2N2O2/c22-13-4-5-19(28)16(10-13)18-8-12(15-2-1-3-17(23)21(15)24)9-20(25-18)26-7-6-14(27)11-26/h1-5,8-10,14,27-28H,6-7,11H2. The molecule has 2 heterocycles. The van der Waals surface area contributed by atoms with Crippen LogP contribution in [0.1, 0.15) is 6.42 Å². The highest BCUT2D eigenvalue weighted by Crippen LogP contribution is 2.36. The van der Waals surface area contributed by atoms with Crippen molar-refractivity contribution >= 4 is 21.7 Å². The molecule has 1 aliphatic rings. The highest BCUT2D eigenvalue weighted by atomic mass is 79.9. The molecule has 1 unspecified atom stereocenters. The van der Waals surface area contributed by atoms with Gasteiger partial charge in [-0.05, 0) is 48.4 Å². The van der Waals surface area contributed by atoms with Gasteiger partial charge in [0.1, 0.15) is 11.6 Å². The Morgan fingerprint density at radius 1 is 1.07 bits per heavy atom. The third-order valence-corrected chi connectivity index (χ3v) is 5.29. The van der Waals surface area contributed by atoms with E-state index in [0.717, 1.165) is 10.5 Å². The number of aromatic hydroxyl groups is 1. The van der Waals surface area contributed by atoms with Crippen molar-refractivity contribution in [1.82, 2.24) is 4.98 Å². The molecule has 144 valence electrons. The molecule has 1 aromatic heterocycles. The van der Waals surface area contributed by atoms with E-state index in [0.29, 0.717) is 42.1 Å². The topological polar surface area (TPSA) is 56.6 Å². The first-order valence-electron chi connectivity index (χ1n) is 8.81. The van der Waals surface area contributed by atoms with Crippen molar-refractivity contribution in [3.05, 3.63) is 64.6 Å². The monoisotopic (exact) mass is 446 g/mol. The Kier molecular flexibility index (Phi) is 5.03. The molecule has 2 N–H and O–H groups in total. The number of aliphatic hydroxyl groups excluding tert-OH is 1. The number of aromatic nitrogens is 1. The summed E-state index contributed by atoms with van der Waals surface area (Å²) in [6.45, 7) is 1.01. The highest BCUT2D eigenvalue weighted by Gasteiger charge is 2.23. The second-order valence-corrected chi connectivity index (χ2v) is 7.67. The van der Waals surface area contributed by atoms with E-state index in [1.807, 2.05) is 4.90 Å². The van der Waals surface area contributed by atoms with E-state index < -0.39 is 17.7 Å². The lowest BCUT2D eigenvalue weighted by molar-refractivity contribution is 0.198. The third kappa shape index (κ3) is 3.59. The molecule has 0 aliphatic carbocycles. The average Bonchev–Trinajstić information content (AvgIpc) is 3.12. The third-order valence-electron chi connectivity index (χ3n) is 4.80. The van der Waals surface area contributed by atoms with Crippen molar-refractivity contribution in [2.75, 3.05) is 18.0 Å². The number of hydrogen-bond donors (Lipinski definition) is 2. The molecule has 3 aromatic rings. The summed E-state index contributed by atoms with van der Waals surface area (Å²) in [7, 11) is 0. The number of pyridine rings is 1. The number of nitrogens with zero attached hydrogens (tertiary/aromatic N) is 2. The van der Waals surface area contributed by atoms with Gasteiger partial charge in [0, 0.05) is 28.7 Å². The van der Waals surface area contributed by atoms with Gasteiger partial charge >= 0.3 is 0 Å². The summed E-state index contributed by atoms with van der Waals surface area (Å²) in [5.41, 5.74) is 1.45. The second kappa shape index (κ2) is 7.48. The van der Waals surface area contributed by atoms with E-state index in [1.165, 1.54) is 18.2 Å². The van der Waals surface area contributed by atoms with E-state index in [4.69, 9.17) is 0 Å². The fourth-order valence-electron chi connectivity index (χ4n) is 3.36. The number of anilines is 1. The summed E-state index contributed by atoms with van der Waals surface area (Å²) < 4.78 is 29.0. The highest BCUT2D eigenvalue weighted by molar-refractivity contribution is 9.10. The predicted molar refractivity (Wildman–Crippen MR) is 107 cm³/mol. The van der Waals surface area contributed by atoms with E-state index in [-0.39, 0.29) is 11.3 Å². The Morgan fingerprint density at radius 2 is 1.89 bits per heavy atom. The second-order valence-electron chi connectivity index (χ2n) is 6.75. The number of phenolic OH excluding ortho intramolecular Hbond substituents is 1. The number of rotatable bonds is 3. The van der Waals surface area contributed by atoms with E-state index in [1.54, 1.807) is 24.3 Å². The molecule has 4 nitrogen and oxygen atoms in total. The largest absolute Gasteiger partial charge is 0.507 e. The van der Waals surface area contributed by atoms with Crippen molar-refractivity contribution in [3.8, 4) is 28.1 Å². The van der Waals surface area contributed by atoms with Gasteiger partial charge in [-0.15, -0.1) is 0 Å². The molecule has 0 bridgehead atoms. The smallest absolute Gasteiger partial charge is 0.166 e. The van der Waals surface area contributed by atoms with Gasteiger partial charge in [-0.1, -0.05) is 28.1 Å². The van der Waals surface area contributed by atoms with Crippen molar-refractivity contribution in [1.29, 1.82) is 0 Å². The van der Waals surface area contributed by atoms with Gasteiger partial charge in [0.25, 0.3) is 0 Å². The van der Waals surface area contributed by atoms with Crippen molar-refractivity contribution in [2.24, 2.45) is 0 Å². The zero-order valence-electron chi connectivity index (χ0n) is 14.7. The predicted octanol–water partition coefficient (Wildman–Crippen LogP) is 4.73. The van der Waals surface area contributed by atoms with Crippen molar-refractivity contribution in [3.63, 3.8) is 0 Å². The van der Waals surface area contributed by atoms with Crippen LogP contribution in [0, 0.1) is 11.6 Å². The Morgan fingerprint density at radius 3 is 2.64 bits per heavy atom. The van der Waals surface area contributed by atoms with Crippen LogP contribution in [0.15, 0.2) is 53.0 Å². The molecule has 2 aromatic carbocycles. The lowest BCUT2D eigenvalue weighted by Gasteiger charge is -2.19. The van der Waals surface area contributed by atoms with Gasteiger partial charge in [-0.3, -0.25) is 0 Å². The molecule has 1 fully saturated rings. The zero-order valence-corrected chi connectivity index (χ0v) is 16.3. The molecule has 7 heteroatoms. The van der Waals surface area contributed by atoms with Gasteiger partial charge in [-0.2, -0.15) is 0 Å². The van der Waals surface area contributed by atoms with Crippen molar-refractivity contribution < 1.29 is 19.0 Å².